The third-order valence-corrected chi connectivity index (χ3v) is 3.97. The fourth-order valence-corrected chi connectivity index (χ4v) is 3.02. The standard InChI is InChI=1S/C10H8BrNO2S/c11-6-2-1-3-7-5(6)4-8(15-7)9(12)10(13)14/h1-4,9H,12H2,(H,13,14). The van der Waals surface area contributed by atoms with Crippen LogP contribution in [0, 0.1) is 0 Å². The van der Waals surface area contributed by atoms with Crippen molar-refractivity contribution in [2.24, 2.45) is 5.73 Å². The summed E-state index contributed by atoms with van der Waals surface area (Å²) >= 11 is 4.83. The van der Waals surface area contributed by atoms with Gasteiger partial charge in [0.25, 0.3) is 0 Å². The van der Waals surface area contributed by atoms with E-state index in [2.05, 4.69) is 15.9 Å². The summed E-state index contributed by atoms with van der Waals surface area (Å²) in [7, 11) is 0. The van der Waals surface area contributed by atoms with Crippen molar-refractivity contribution in [3.05, 3.63) is 33.6 Å². The van der Waals surface area contributed by atoms with Crippen molar-refractivity contribution in [1.29, 1.82) is 0 Å². The van der Waals surface area contributed by atoms with Crippen LogP contribution in [0.4, 0.5) is 0 Å². The lowest BCUT2D eigenvalue weighted by Gasteiger charge is -2.00. The Balaban J connectivity index is 2.56. The molecule has 3 N–H and O–H groups in total. The molecule has 0 saturated heterocycles. The van der Waals surface area contributed by atoms with Crippen LogP contribution in [0.25, 0.3) is 10.1 Å². The average molecular weight is 286 g/mol. The van der Waals surface area contributed by atoms with Gasteiger partial charge < -0.3 is 10.8 Å². The zero-order valence-corrected chi connectivity index (χ0v) is 10.0. The maximum absolute atomic E-state index is 10.7. The van der Waals surface area contributed by atoms with Gasteiger partial charge in [0, 0.05) is 19.4 Å². The van der Waals surface area contributed by atoms with Gasteiger partial charge in [-0.15, -0.1) is 11.3 Å². The molecule has 0 bridgehead atoms. The minimum absolute atomic E-state index is 0.671. The van der Waals surface area contributed by atoms with Gasteiger partial charge in [-0.3, -0.25) is 4.79 Å². The van der Waals surface area contributed by atoms with Gasteiger partial charge >= 0.3 is 5.97 Å². The second kappa shape index (κ2) is 3.92. The molecule has 2 rings (SSSR count). The van der Waals surface area contributed by atoms with Gasteiger partial charge in [-0.25, -0.2) is 0 Å². The summed E-state index contributed by atoms with van der Waals surface area (Å²) in [5.74, 6) is -1.00. The molecule has 0 spiro atoms. The maximum atomic E-state index is 10.7. The monoisotopic (exact) mass is 285 g/mol. The van der Waals surface area contributed by atoms with Crippen molar-refractivity contribution in [2.45, 2.75) is 6.04 Å². The van der Waals surface area contributed by atoms with Gasteiger partial charge in [-0.1, -0.05) is 22.0 Å². The van der Waals surface area contributed by atoms with Gasteiger partial charge in [0.05, 0.1) is 0 Å². The minimum atomic E-state index is -1.00. The number of thiophene rings is 1. The van der Waals surface area contributed by atoms with E-state index in [0.29, 0.717) is 4.88 Å². The van der Waals surface area contributed by atoms with Crippen LogP contribution < -0.4 is 5.73 Å². The molecule has 3 nitrogen and oxygen atoms in total. The summed E-state index contributed by atoms with van der Waals surface area (Å²) in [4.78, 5) is 11.4. The van der Waals surface area contributed by atoms with E-state index >= 15 is 0 Å². The van der Waals surface area contributed by atoms with E-state index in [1.807, 2.05) is 24.3 Å². The molecule has 0 radical (unpaired) electrons. The Morgan fingerprint density at radius 2 is 2.27 bits per heavy atom. The van der Waals surface area contributed by atoms with Gasteiger partial charge in [-0.2, -0.15) is 0 Å². The molecule has 0 aliphatic heterocycles. The van der Waals surface area contributed by atoms with Crippen LogP contribution in [0.1, 0.15) is 10.9 Å². The SMILES string of the molecule is NC(C(=O)O)c1cc2c(Br)cccc2s1. The lowest BCUT2D eigenvalue weighted by molar-refractivity contribution is -0.138. The Morgan fingerprint density at radius 1 is 1.53 bits per heavy atom. The first-order chi connectivity index (χ1) is 7.09. The highest BCUT2D eigenvalue weighted by Crippen LogP contribution is 2.33. The van der Waals surface area contributed by atoms with E-state index < -0.39 is 12.0 Å². The predicted molar refractivity (Wildman–Crippen MR) is 64.1 cm³/mol. The molecule has 1 heterocycles. The molecule has 1 atom stereocenters. The summed E-state index contributed by atoms with van der Waals surface area (Å²) in [6, 6.07) is 6.67. The van der Waals surface area contributed by atoms with E-state index in [1.165, 1.54) is 11.3 Å². The Labute approximate surface area is 98.6 Å². The molecule has 1 aromatic carbocycles. The van der Waals surface area contributed by atoms with Crippen LogP contribution in [0.5, 0.6) is 0 Å². The van der Waals surface area contributed by atoms with Crippen molar-refractivity contribution < 1.29 is 9.90 Å². The van der Waals surface area contributed by atoms with Crippen molar-refractivity contribution in [2.75, 3.05) is 0 Å². The molecular formula is C10H8BrNO2S. The lowest BCUT2D eigenvalue weighted by atomic mass is 10.2. The highest BCUT2D eigenvalue weighted by molar-refractivity contribution is 9.10. The molecule has 0 saturated carbocycles. The van der Waals surface area contributed by atoms with Crippen LogP contribution in [-0.2, 0) is 4.79 Å². The third-order valence-electron chi connectivity index (χ3n) is 2.10. The van der Waals surface area contributed by atoms with Gasteiger partial charge in [0.15, 0.2) is 0 Å². The Bertz CT molecular complexity index is 523. The molecule has 0 aliphatic carbocycles. The number of benzene rings is 1. The molecule has 0 amide bonds. The van der Waals surface area contributed by atoms with Gasteiger partial charge in [-0.05, 0) is 18.2 Å². The number of aliphatic carboxylic acids is 1. The summed E-state index contributed by atoms with van der Waals surface area (Å²) in [5.41, 5.74) is 5.55. The fourth-order valence-electron chi connectivity index (χ4n) is 1.32. The zero-order chi connectivity index (χ0) is 11.0. The van der Waals surface area contributed by atoms with Crippen LogP contribution in [0.3, 0.4) is 0 Å². The molecule has 1 unspecified atom stereocenters. The van der Waals surface area contributed by atoms with E-state index in [1.54, 1.807) is 0 Å². The largest absolute Gasteiger partial charge is 0.480 e. The Morgan fingerprint density at radius 3 is 2.87 bits per heavy atom. The Kier molecular flexibility index (Phi) is 2.77. The number of carbonyl (C=O) groups is 1. The van der Waals surface area contributed by atoms with Gasteiger partial charge in [0.1, 0.15) is 6.04 Å². The molecule has 1 aromatic heterocycles. The zero-order valence-electron chi connectivity index (χ0n) is 7.61. The molecule has 2 aromatic rings. The fraction of sp³-hybridized carbons (Fsp3) is 0.100. The van der Waals surface area contributed by atoms with Crippen molar-refractivity contribution >= 4 is 43.3 Å². The van der Waals surface area contributed by atoms with Crippen LogP contribution in [0.2, 0.25) is 0 Å². The summed E-state index contributed by atoms with van der Waals surface area (Å²) < 4.78 is 2.00. The highest BCUT2D eigenvalue weighted by atomic mass is 79.9. The summed E-state index contributed by atoms with van der Waals surface area (Å²) in [6.07, 6.45) is 0. The predicted octanol–water partition coefficient (Wildman–Crippen LogP) is 2.75. The van der Waals surface area contributed by atoms with Crippen LogP contribution in [0.15, 0.2) is 28.7 Å². The summed E-state index contributed by atoms with van der Waals surface area (Å²) in [5, 5.41) is 9.81. The van der Waals surface area contributed by atoms with Crippen molar-refractivity contribution in [3.63, 3.8) is 0 Å². The second-order valence-electron chi connectivity index (χ2n) is 3.12. The normalized spacial score (nSPS) is 12.9. The van der Waals surface area contributed by atoms with Crippen molar-refractivity contribution in [1.82, 2.24) is 0 Å². The Hall–Kier alpha value is -0.910. The van der Waals surface area contributed by atoms with E-state index in [4.69, 9.17) is 10.8 Å². The second-order valence-corrected chi connectivity index (χ2v) is 5.09. The molecular weight excluding hydrogens is 278 g/mol. The lowest BCUT2D eigenvalue weighted by Crippen LogP contribution is -2.19. The number of hydrogen-bond donors (Lipinski definition) is 2. The first kappa shape index (κ1) is 10.6. The number of hydrogen-bond acceptors (Lipinski definition) is 3. The number of rotatable bonds is 2. The van der Waals surface area contributed by atoms with E-state index in [9.17, 15) is 4.79 Å². The van der Waals surface area contributed by atoms with Crippen molar-refractivity contribution in [3.8, 4) is 0 Å². The average Bonchev–Trinajstić information content (AvgIpc) is 2.61. The number of carboxylic acid groups (broad SMARTS) is 1. The smallest absolute Gasteiger partial charge is 0.325 e. The molecule has 15 heavy (non-hydrogen) atoms. The first-order valence-corrected chi connectivity index (χ1v) is 5.87. The quantitative estimate of drug-likeness (QED) is 0.892. The van der Waals surface area contributed by atoms with E-state index in [0.717, 1.165) is 14.6 Å². The minimum Gasteiger partial charge on any atom is -0.480 e. The van der Waals surface area contributed by atoms with Crippen LogP contribution >= 0.6 is 27.3 Å². The summed E-state index contributed by atoms with van der Waals surface area (Å²) in [6.45, 7) is 0. The molecule has 0 aliphatic rings. The van der Waals surface area contributed by atoms with Gasteiger partial charge in [0.2, 0.25) is 0 Å². The van der Waals surface area contributed by atoms with Crippen LogP contribution in [-0.4, -0.2) is 11.1 Å². The highest BCUT2D eigenvalue weighted by Gasteiger charge is 2.17. The molecule has 5 heteroatoms. The first-order valence-electron chi connectivity index (χ1n) is 4.26. The maximum Gasteiger partial charge on any atom is 0.325 e. The van der Waals surface area contributed by atoms with E-state index in [-0.39, 0.29) is 0 Å². The number of nitrogens with two attached hydrogens (primary N) is 1. The number of fused-ring (bicyclic) bond motifs is 1. The number of halogens is 1. The molecule has 0 fully saturated rings. The topological polar surface area (TPSA) is 63.3 Å². The molecule has 78 valence electrons. The number of carboxylic acids is 1. The third kappa shape index (κ3) is 1.90.